The zero-order valence-corrected chi connectivity index (χ0v) is 15.5. The van der Waals surface area contributed by atoms with Crippen molar-refractivity contribution < 1.29 is 53.8 Å². The van der Waals surface area contributed by atoms with E-state index in [1.807, 2.05) is 0 Å². The van der Waals surface area contributed by atoms with Crippen molar-refractivity contribution >= 4 is 40.2 Å². The summed E-state index contributed by atoms with van der Waals surface area (Å²) < 4.78 is 5.12. The Morgan fingerprint density at radius 2 is 1.95 bits per heavy atom. The van der Waals surface area contributed by atoms with Crippen molar-refractivity contribution in [1.29, 1.82) is 0 Å². The molecule has 0 aromatic carbocycles. The van der Waals surface area contributed by atoms with Crippen LogP contribution in [0.2, 0.25) is 0 Å². The number of carbonyl (C=O) groups is 3. The topological polar surface area (TPSA) is 83.5 Å². The van der Waals surface area contributed by atoms with Crippen LogP contribution in [0.5, 0.6) is 0 Å². The summed E-state index contributed by atoms with van der Waals surface area (Å²) >= 11 is 2.42. The van der Waals surface area contributed by atoms with E-state index in [2.05, 4.69) is 0 Å². The van der Waals surface area contributed by atoms with Crippen molar-refractivity contribution in [2.45, 2.75) is 13.0 Å². The van der Waals surface area contributed by atoms with Gasteiger partial charge in [-0.1, -0.05) is 0 Å². The van der Waals surface area contributed by atoms with E-state index < -0.39 is 18.7 Å². The Balaban J connectivity index is 0.00000176. The standard InChI is InChI=1S/C14H10O5S2.Na/c1-6(19-5-10(15)16)9-4-8-12(18)13-7(2-3-20-13)11(17)14(8)21-9;/h2-4,6H,5H2,1H3,(H,15,16);/q;+1/p-1. The monoisotopic (exact) mass is 344 g/mol. The van der Waals surface area contributed by atoms with Crippen LogP contribution in [0, 0.1) is 0 Å². The molecule has 0 saturated carbocycles. The number of hydrogen-bond donors (Lipinski definition) is 0. The first kappa shape index (κ1) is 17.5. The van der Waals surface area contributed by atoms with Gasteiger partial charge in [-0.15, -0.1) is 22.7 Å². The molecule has 1 atom stereocenters. The van der Waals surface area contributed by atoms with Crippen LogP contribution in [0.25, 0.3) is 0 Å². The minimum Gasteiger partial charge on any atom is -0.548 e. The number of ether oxygens (including phenoxy) is 1. The van der Waals surface area contributed by atoms with Gasteiger partial charge in [-0.3, -0.25) is 9.59 Å². The van der Waals surface area contributed by atoms with Gasteiger partial charge in [0.1, 0.15) is 0 Å². The van der Waals surface area contributed by atoms with Gasteiger partial charge < -0.3 is 14.6 Å². The maximum Gasteiger partial charge on any atom is 1.00 e. The molecule has 0 radical (unpaired) electrons. The molecule has 5 nitrogen and oxygen atoms in total. The molecule has 0 saturated heterocycles. The van der Waals surface area contributed by atoms with Gasteiger partial charge >= 0.3 is 29.6 Å². The first-order valence-corrected chi connectivity index (χ1v) is 7.80. The summed E-state index contributed by atoms with van der Waals surface area (Å²) in [7, 11) is 0. The molecule has 0 N–H and O–H groups in total. The van der Waals surface area contributed by atoms with E-state index in [0.717, 1.165) is 0 Å². The van der Waals surface area contributed by atoms with E-state index in [-0.39, 0.29) is 41.1 Å². The van der Waals surface area contributed by atoms with Crippen LogP contribution in [-0.2, 0) is 9.53 Å². The SMILES string of the molecule is CC(OCC(=O)[O-])c1cc2c(s1)C(=O)c1ccsc1C2=O.[Na+]. The Bertz CT molecular complexity index is 713. The average molecular weight is 344 g/mol. The molecule has 2 heterocycles. The van der Waals surface area contributed by atoms with E-state index >= 15 is 0 Å². The number of aliphatic carboxylic acids is 1. The molecule has 1 unspecified atom stereocenters. The molecular formula is C14H9NaO5S2. The van der Waals surface area contributed by atoms with Crippen molar-refractivity contribution in [3.8, 4) is 0 Å². The molecule has 1 aliphatic rings. The smallest absolute Gasteiger partial charge is 0.548 e. The van der Waals surface area contributed by atoms with Crippen molar-refractivity contribution in [1.82, 2.24) is 0 Å². The molecule has 2 aromatic rings. The summed E-state index contributed by atoms with van der Waals surface area (Å²) in [6.07, 6.45) is -0.517. The van der Waals surface area contributed by atoms with E-state index in [4.69, 9.17) is 4.74 Å². The third-order valence-corrected chi connectivity index (χ3v) is 5.38. The summed E-state index contributed by atoms with van der Waals surface area (Å²) in [4.78, 5) is 36.6. The quantitative estimate of drug-likeness (QED) is 0.533. The molecule has 0 aliphatic heterocycles. The summed E-state index contributed by atoms with van der Waals surface area (Å²) in [6.45, 7) is 1.14. The number of carboxylic acid groups (broad SMARTS) is 1. The van der Waals surface area contributed by atoms with Crippen LogP contribution in [0.1, 0.15) is 48.4 Å². The molecule has 8 heteroatoms. The second-order valence-corrected chi connectivity index (χ2v) is 6.54. The zero-order chi connectivity index (χ0) is 15.1. The number of ketones is 2. The Morgan fingerprint density at radius 3 is 2.64 bits per heavy atom. The third kappa shape index (κ3) is 2.97. The van der Waals surface area contributed by atoms with Crippen molar-refractivity contribution in [3.05, 3.63) is 43.3 Å². The van der Waals surface area contributed by atoms with Gasteiger partial charge in [-0.2, -0.15) is 0 Å². The maximum absolute atomic E-state index is 12.3. The van der Waals surface area contributed by atoms with Gasteiger partial charge in [0.15, 0.2) is 0 Å². The summed E-state index contributed by atoms with van der Waals surface area (Å²) in [5.41, 5.74) is 0.813. The normalized spacial score (nSPS) is 14.0. The van der Waals surface area contributed by atoms with Gasteiger partial charge in [-0.25, -0.2) is 0 Å². The fourth-order valence-electron chi connectivity index (χ4n) is 2.13. The van der Waals surface area contributed by atoms with Crippen molar-refractivity contribution in [2.75, 3.05) is 6.61 Å². The van der Waals surface area contributed by atoms with E-state index in [9.17, 15) is 19.5 Å². The first-order chi connectivity index (χ1) is 9.99. The van der Waals surface area contributed by atoms with Gasteiger partial charge in [-0.05, 0) is 24.4 Å². The Labute approximate surface area is 156 Å². The number of carboxylic acids is 1. The van der Waals surface area contributed by atoms with Crippen molar-refractivity contribution in [2.24, 2.45) is 0 Å². The van der Waals surface area contributed by atoms with Crippen LogP contribution < -0.4 is 34.7 Å². The number of carbonyl (C=O) groups excluding carboxylic acids is 3. The molecule has 1 aliphatic carbocycles. The number of fused-ring (bicyclic) bond motifs is 2. The van der Waals surface area contributed by atoms with E-state index in [1.54, 1.807) is 24.4 Å². The molecule has 0 fully saturated rings. The van der Waals surface area contributed by atoms with Crippen molar-refractivity contribution in [3.63, 3.8) is 0 Å². The Hall–Kier alpha value is -0.830. The second kappa shape index (κ2) is 6.74. The number of rotatable bonds is 4. The van der Waals surface area contributed by atoms with Crippen LogP contribution in [0.3, 0.4) is 0 Å². The molecule has 0 bridgehead atoms. The second-order valence-electron chi connectivity index (χ2n) is 4.54. The van der Waals surface area contributed by atoms with Crippen LogP contribution in [-0.4, -0.2) is 24.1 Å². The zero-order valence-electron chi connectivity index (χ0n) is 11.9. The predicted octanol–water partition coefficient (Wildman–Crippen LogP) is -1.58. The molecule has 108 valence electrons. The van der Waals surface area contributed by atoms with Crippen LogP contribution >= 0.6 is 22.7 Å². The predicted molar refractivity (Wildman–Crippen MR) is 74.9 cm³/mol. The Kier molecular flexibility index (Phi) is 5.37. The average Bonchev–Trinajstić information content (AvgIpc) is 3.08. The van der Waals surface area contributed by atoms with Gasteiger partial charge in [0.2, 0.25) is 11.6 Å². The van der Waals surface area contributed by atoms with Gasteiger partial charge in [0.25, 0.3) is 0 Å². The minimum absolute atomic E-state index is 0. The summed E-state index contributed by atoms with van der Waals surface area (Å²) in [5, 5.41) is 12.1. The maximum atomic E-state index is 12.3. The van der Waals surface area contributed by atoms with E-state index in [0.29, 0.717) is 25.8 Å². The summed E-state index contributed by atoms with van der Waals surface area (Å²) in [6, 6.07) is 3.27. The summed E-state index contributed by atoms with van der Waals surface area (Å²) in [5.74, 6) is -1.63. The molecular weight excluding hydrogens is 335 g/mol. The Morgan fingerprint density at radius 1 is 1.27 bits per heavy atom. The third-order valence-electron chi connectivity index (χ3n) is 3.17. The van der Waals surface area contributed by atoms with Gasteiger partial charge in [0.05, 0.1) is 28.4 Å². The fourth-order valence-corrected chi connectivity index (χ4v) is 4.09. The number of hydrogen-bond acceptors (Lipinski definition) is 7. The molecule has 3 rings (SSSR count). The minimum atomic E-state index is -1.31. The van der Waals surface area contributed by atoms with Crippen LogP contribution in [0.15, 0.2) is 17.5 Å². The van der Waals surface area contributed by atoms with E-state index in [1.165, 1.54) is 22.7 Å². The molecule has 2 aromatic heterocycles. The largest absolute Gasteiger partial charge is 1.00 e. The molecule has 0 amide bonds. The van der Waals surface area contributed by atoms with Gasteiger partial charge in [0, 0.05) is 16.0 Å². The first-order valence-electron chi connectivity index (χ1n) is 6.11. The number of thiophene rings is 2. The molecule has 22 heavy (non-hydrogen) atoms. The van der Waals surface area contributed by atoms with Crippen LogP contribution in [0.4, 0.5) is 0 Å². The fraction of sp³-hybridized carbons (Fsp3) is 0.214. The molecule has 0 spiro atoms.